The highest BCUT2D eigenvalue weighted by Crippen LogP contribution is 2.26. The lowest BCUT2D eigenvalue weighted by Gasteiger charge is -2.21. The van der Waals surface area contributed by atoms with Crippen LogP contribution in [0.2, 0.25) is 0 Å². The summed E-state index contributed by atoms with van der Waals surface area (Å²) in [6, 6.07) is 11.0. The topological polar surface area (TPSA) is 12.0 Å². The first-order chi connectivity index (χ1) is 7.42. The van der Waals surface area contributed by atoms with Gasteiger partial charge in [0.2, 0.25) is 0 Å². The Morgan fingerprint density at radius 2 is 2.00 bits per heavy atom. The molecule has 15 heavy (non-hydrogen) atoms. The minimum atomic E-state index is 0.371. The molecule has 1 aliphatic carbocycles. The maximum absolute atomic E-state index is 3.39. The first kappa shape index (κ1) is 10.2. The molecule has 1 unspecified atom stereocenters. The molecule has 0 amide bonds. The fourth-order valence-corrected chi connectivity index (χ4v) is 2.07. The van der Waals surface area contributed by atoms with Gasteiger partial charge in [0.1, 0.15) is 0 Å². The van der Waals surface area contributed by atoms with Crippen molar-refractivity contribution in [3.63, 3.8) is 0 Å². The Balaban J connectivity index is 2.24. The van der Waals surface area contributed by atoms with Crippen molar-refractivity contribution in [3.8, 4) is 0 Å². The summed E-state index contributed by atoms with van der Waals surface area (Å²) < 4.78 is 0. The predicted molar refractivity (Wildman–Crippen MR) is 64.7 cm³/mol. The summed E-state index contributed by atoms with van der Waals surface area (Å²) in [4.78, 5) is 0. The van der Waals surface area contributed by atoms with Crippen LogP contribution in [0.25, 0.3) is 0 Å². The lowest BCUT2D eigenvalue weighted by Crippen LogP contribution is -2.19. The van der Waals surface area contributed by atoms with Crippen LogP contribution in [0.4, 0.5) is 0 Å². The molecule has 0 heterocycles. The molecule has 0 saturated carbocycles. The average Bonchev–Trinajstić information content (AvgIpc) is 2.33. The highest BCUT2D eigenvalue weighted by molar-refractivity contribution is 5.31. The molecule has 0 radical (unpaired) electrons. The van der Waals surface area contributed by atoms with Gasteiger partial charge in [-0.15, -0.1) is 0 Å². The Labute approximate surface area is 91.5 Å². The number of hydrogen-bond donors (Lipinski definition) is 1. The molecule has 1 nitrogen and oxygen atoms in total. The van der Waals surface area contributed by atoms with Gasteiger partial charge in [0.25, 0.3) is 0 Å². The van der Waals surface area contributed by atoms with Gasteiger partial charge in [0, 0.05) is 0 Å². The third-order valence-corrected chi connectivity index (χ3v) is 2.84. The fraction of sp³-hybridized carbons (Fsp3) is 0.286. The van der Waals surface area contributed by atoms with E-state index in [-0.39, 0.29) is 0 Å². The van der Waals surface area contributed by atoms with E-state index in [2.05, 4.69) is 53.9 Å². The zero-order valence-electron chi connectivity index (χ0n) is 9.11. The molecule has 1 N–H and O–H groups in total. The summed E-state index contributed by atoms with van der Waals surface area (Å²) in [5.74, 6) is 0. The normalized spacial score (nSPS) is 17.3. The first-order valence-electron chi connectivity index (χ1n) is 5.49. The molecule has 1 aromatic carbocycles. The van der Waals surface area contributed by atoms with Gasteiger partial charge in [0.15, 0.2) is 0 Å². The van der Waals surface area contributed by atoms with Crippen molar-refractivity contribution in [2.45, 2.75) is 18.9 Å². The average molecular weight is 199 g/mol. The number of likely N-dealkylation sites (N-methyl/N-ethyl adjacent to an activating group) is 1. The van der Waals surface area contributed by atoms with Crippen LogP contribution in [0, 0.1) is 0 Å². The first-order valence-corrected chi connectivity index (χ1v) is 5.49. The van der Waals surface area contributed by atoms with Crippen molar-refractivity contribution in [3.05, 3.63) is 59.7 Å². The van der Waals surface area contributed by atoms with Crippen molar-refractivity contribution in [1.29, 1.82) is 0 Å². The zero-order chi connectivity index (χ0) is 10.5. The molecular weight excluding hydrogens is 182 g/mol. The number of hydrogen-bond acceptors (Lipinski definition) is 1. The molecule has 78 valence electrons. The maximum Gasteiger partial charge on any atom is 0.0536 e. The van der Waals surface area contributed by atoms with Crippen molar-refractivity contribution >= 4 is 0 Å². The standard InChI is InChI=1S/C14H17N/c1-15-14(12-8-4-2-5-9-12)13-10-6-3-7-11-13/h2-6,8-10,14-15H,7,11H2,1H3. The van der Waals surface area contributed by atoms with E-state index < -0.39 is 0 Å². The van der Waals surface area contributed by atoms with E-state index in [1.807, 2.05) is 7.05 Å². The van der Waals surface area contributed by atoms with E-state index in [1.165, 1.54) is 11.1 Å². The molecule has 1 heteroatoms. The van der Waals surface area contributed by atoms with Gasteiger partial charge in [0.05, 0.1) is 6.04 Å². The predicted octanol–water partition coefficient (Wildman–Crippen LogP) is 3.22. The number of benzene rings is 1. The monoisotopic (exact) mass is 199 g/mol. The second-order valence-corrected chi connectivity index (χ2v) is 3.84. The second kappa shape index (κ2) is 4.94. The molecule has 2 rings (SSSR count). The Morgan fingerprint density at radius 3 is 2.60 bits per heavy atom. The third-order valence-electron chi connectivity index (χ3n) is 2.84. The lowest BCUT2D eigenvalue weighted by molar-refractivity contribution is 0.645. The van der Waals surface area contributed by atoms with Gasteiger partial charge in [-0.1, -0.05) is 48.6 Å². The third kappa shape index (κ3) is 2.37. The summed E-state index contributed by atoms with van der Waals surface area (Å²) >= 11 is 0. The second-order valence-electron chi connectivity index (χ2n) is 3.84. The molecule has 0 saturated heterocycles. The summed E-state index contributed by atoms with van der Waals surface area (Å²) in [6.45, 7) is 0. The number of rotatable bonds is 3. The highest BCUT2D eigenvalue weighted by Gasteiger charge is 2.14. The van der Waals surface area contributed by atoms with E-state index in [0.29, 0.717) is 6.04 Å². The largest absolute Gasteiger partial charge is 0.310 e. The Morgan fingerprint density at radius 1 is 1.20 bits per heavy atom. The molecule has 0 spiro atoms. The van der Waals surface area contributed by atoms with Crippen LogP contribution in [0.3, 0.4) is 0 Å². The van der Waals surface area contributed by atoms with Gasteiger partial charge in [-0.2, -0.15) is 0 Å². The van der Waals surface area contributed by atoms with Crippen LogP contribution in [0.5, 0.6) is 0 Å². The van der Waals surface area contributed by atoms with Crippen LogP contribution < -0.4 is 5.32 Å². The number of nitrogens with one attached hydrogen (secondary N) is 1. The summed E-state index contributed by atoms with van der Waals surface area (Å²) in [7, 11) is 2.02. The summed E-state index contributed by atoms with van der Waals surface area (Å²) in [6.07, 6.45) is 8.94. The van der Waals surface area contributed by atoms with Crippen LogP contribution >= 0.6 is 0 Å². The van der Waals surface area contributed by atoms with Crippen LogP contribution in [-0.2, 0) is 0 Å². The van der Waals surface area contributed by atoms with Gasteiger partial charge >= 0.3 is 0 Å². The van der Waals surface area contributed by atoms with Crippen LogP contribution in [0.15, 0.2) is 54.1 Å². The minimum Gasteiger partial charge on any atom is -0.310 e. The zero-order valence-corrected chi connectivity index (χ0v) is 9.11. The SMILES string of the molecule is CNC(C1=CC=CCC1)c1ccccc1. The van der Waals surface area contributed by atoms with E-state index in [9.17, 15) is 0 Å². The Kier molecular flexibility index (Phi) is 3.36. The van der Waals surface area contributed by atoms with Crippen LogP contribution in [-0.4, -0.2) is 7.05 Å². The smallest absolute Gasteiger partial charge is 0.0536 e. The van der Waals surface area contributed by atoms with Crippen molar-refractivity contribution in [2.24, 2.45) is 0 Å². The van der Waals surface area contributed by atoms with Crippen molar-refractivity contribution in [1.82, 2.24) is 5.32 Å². The summed E-state index contributed by atoms with van der Waals surface area (Å²) in [5, 5.41) is 3.39. The number of allylic oxidation sites excluding steroid dienone is 3. The molecular formula is C14H17N. The molecule has 0 bridgehead atoms. The molecule has 1 aromatic rings. The molecule has 0 aromatic heterocycles. The van der Waals surface area contributed by atoms with E-state index in [1.54, 1.807) is 0 Å². The van der Waals surface area contributed by atoms with Gasteiger partial charge in [-0.25, -0.2) is 0 Å². The highest BCUT2D eigenvalue weighted by atomic mass is 14.9. The molecule has 1 aliphatic rings. The summed E-state index contributed by atoms with van der Waals surface area (Å²) in [5.41, 5.74) is 2.83. The van der Waals surface area contributed by atoms with E-state index in [4.69, 9.17) is 0 Å². The molecule has 0 fully saturated rings. The molecule has 1 atom stereocenters. The van der Waals surface area contributed by atoms with Gasteiger partial charge in [-0.05, 0) is 31.0 Å². The minimum absolute atomic E-state index is 0.371. The Hall–Kier alpha value is -1.34. The van der Waals surface area contributed by atoms with Crippen molar-refractivity contribution < 1.29 is 0 Å². The fourth-order valence-electron chi connectivity index (χ4n) is 2.07. The van der Waals surface area contributed by atoms with E-state index in [0.717, 1.165) is 12.8 Å². The lowest BCUT2D eigenvalue weighted by atomic mass is 9.93. The Bertz CT molecular complexity index is 362. The quantitative estimate of drug-likeness (QED) is 0.788. The van der Waals surface area contributed by atoms with E-state index >= 15 is 0 Å². The van der Waals surface area contributed by atoms with Crippen LogP contribution in [0.1, 0.15) is 24.4 Å². The van der Waals surface area contributed by atoms with Crippen molar-refractivity contribution in [2.75, 3.05) is 7.05 Å². The van der Waals surface area contributed by atoms with Gasteiger partial charge < -0.3 is 5.32 Å². The molecule has 0 aliphatic heterocycles. The van der Waals surface area contributed by atoms with Gasteiger partial charge in [-0.3, -0.25) is 0 Å². The maximum atomic E-state index is 3.39.